The zero-order valence-electron chi connectivity index (χ0n) is 15.1. The lowest BCUT2D eigenvalue weighted by atomic mass is 10.2. The van der Waals surface area contributed by atoms with Crippen LogP contribution < -0.4 is 19.8 Å². The van der Waals surface area contributed by atoms with Crippen molar-refractivity contribution in [2.24, 2.45) is 5.10 Å². The molecule has 6 heteroatoms. The lowest BCUT2D eigenvalue weighted by molar-refractivity contribution is 0.0955. The standard InChI is InChI=1S/C20H23N3O3/c1-3-23(4-2)17-8-6-16(7-9-17)20(24)22-21-14-15-5-10-18-19(13-15)26-12-11-25-18/h5-10,13-14H,3-4,11-12H2,1-2H3,(H,22,24)/b21-14+. The highest BCUT2D eigenvalue weighted by Gasteiger charge is 2.11. The predicted molar refractivity (Wildman–Crippen MR) is 102 cm³/mol. The molecule has 2 aromatic rings. The first-order valence-corrected chi connectivity index (χ1v) is 8.79. The van der Waals surface area contributed by atoms with Gasteiger partial charge in [0.1, 0.15) is 13.2 Å². The Labute approximate surface area is 153 Å². The number of ether oxygens (including phenoxy) is 2. The Bertz CT molecular complexity index is 783. The molecule has 1 aliphatic heterocycles. The molecule has 0 aliphatic carbocycles. The Morgan fingerprint density at radius 2 is 1.77 bits per heavy atom. The summed E-state index contributed by atoms with van der Waals surface area (Å²) in [5.74, 6) is 1.18. The molecule has 0 atom stereocenters. The Morgan fingerprint density at radius 1 is 1.08 bits per heavy atom. The first kappa shape index (κ1) is 17.8. The number of hydrazone groups is 1. The van der Waals surface area contributed by atoms with Crippen molar-refractivity contribution >= 4 is 17.8 Å². The van der Waals surface area contributed by atoms with Crippen LogP contribution in [0.1, 0.15) is 29.8 Å². The highest BCUT2D eigenvalue weighted by Crippen LogP contribution is 2.30. The first-order chi connectivity index (χ1) is 12.7. The van der Waals surface area contributed by atoms with Crippen molar-refractivity contribution in [2.75, 3.05) is 31.2 Å². The molecule has 2 aromatic carbocycles. The maximum absolute atomic E-state index is 12.2. The van der Waals surface area contributed by atoms with Gasteiger partial charge in [-0.15, -0.1) is 0 Å². The fraction of sp³-hybridized carbons (Fsp3) is 0.300. The molecule has 3 rings (SSSR count). The minimum Gasteiger partial charge on any atom is -0.486 e. The molecule has 1 amide bonds. The van der Waals surface area contributed by atoms with Gasteiger partial charge in [0.15, 0.2) is 11.5 Å². The normalized spacial score (nSPS) is 12.8. The molecule has 0 bridgehead atoms. The number of amides is 1. The topological polar surface area (TPSA) is 63.2 Å². The molecule has 0 aromatic heterocycles. The Kier molecular flexibility index (Phi) is 5.73. The highest BCUT2D eigenvalue weighted by atomic mass is 16.6. The molecule has 0 unspecified atom stereocenters. The van der Waals surface area contributed by atoms with E-state index in [1.807, 2.05) is 42.5 Å². The van der Waals surface area contributed by atoms with E-state index < -0.39 is 0 Å². The van der Waals surface area contributed by atoms with Gasteiger partial charge in [-0.1, -0.05) is 0 Å². The second-order valence-corrected chi connectivity index (χ2v) is 5.82. The van der Waals surface area contributed by atoms with Crippen molar-refractivity contribution in [3.05, 3.63) is 53.6 Å². The van der Waals surface area contributed by atoms with Crippen molar-refractivity contribution in [1.82, 2.24) is 5.43 Å². The molecule has 0 spiro atoms. The number of benzene rings is 2. The fourth-order valence-corrected chi connectivity index (χ4v) is 2.78. The van der Waals surface area contributed by atoms with Crippen LogP contribution in [0.15, 0.2) is 47.6 Å². The van der Waals surface area contributed by atoms with Gasteiger partial charge in [-0.2, -0.15) is 5.10 Å². The number of fused-ring (bicyclic) bond motifs is 1. The number of hydrogen-bond donors (Lipinski definition) is 1. The summed E-state index contributed by atoms with van der Waals surface area (Å²) >= 11 is 0. The van der Waals surface area contributed by atoms with Gasteiger partial charge >= 0.3 is 0 Å². The van der Waals surface area contributed by atoms with Gasteiger partial charge in [0.25, 0.3) is 5.91 Å². The summed E-state index contributed by atoms with van der Waals surface area (Å²) in [4.78, 5) is 14.4. The van der Waals surface area contributed by atoms with E-state index in [4.69, 9.17) is 9.47 Å². The van der Waals surface area contributed by atoms with Crippen LogP contribution >= 0.6 is 0 Å². The van der Waals surface area contributed by atoms with Gasteiger partial charge in [0, 0.05) is 24.3 Å². The molecule has 0 saturated heterocycles. The number of nitrogens with zero attached hydrogens (tertiary/aromatic N) is 2. The number of hydrogen-bond acceptors (Lipinski definition) is 5. The largest absolute Gasteiger partial charge is 0.486 e. The zero-order valence-corrected chi connectivity index (χ0v) is 15.1. The molecule has 0 radical (unpaired) electrons. The second kappa shape index (κ2) is 8.38. The number of carbonyl (C=O) groups is 1. The molecule has 1 heterocycles. The molecule has 0 saturated carbocycles. The number of anilines is 1. The van der Waals surface area contributed by atoms with Crippen LogP contribution in [0.3, 0.4) is 0 Å². The third kappa shape index (κ3) is 4.14. The average molecular weight is 353 g/mol. The van der Waals surface area contributed by atoms with E-state index in [9.17, 15) is 4.79 Å². The first-order valence-electron chi connectivity index (χ1n) is 8.79. The monoisotopic (exact) mass is 353 g/mol. The van der Waals surface area contributed by atoms with Crippen LogP contribution in [0.2, 0.25) is 0 Å². The quantitative estimate of drug-likeness (QED) is 0.640. The molecule has 26 heavy (non-hydrogen) atoms. The van der Waals surface area contributed by atoms with Crippen LogP contribution in [-0.4, -0.2) is 38.4 Å². The third-order valence-electron chi connectivity index (χ3n) is 4.20. The number of nitrogens with one attached hydrogen (secondary N) is 1. The fourth-order valence-electron chi connectivity index (χ4n) is 2.78. The molecule has 0 fully saturated rings. The van der Waals surface area contributed by atoms with Crippen LogP contribution in [-0.2, 0) is 0 Å². The van der Waals surface area contributed by atoms with Gasteiger partial charge in [-0.3, -0.25) is 4.79 Å². The van der Waals surface area contributed by atoms with Gasteiger partial charge in [0.2, 0.25) is 0 Å². The highest BCUT2D eigenvalue weighted by molar-refractivity contribution is 5.95. The van der Waals surface area contributed by atoms with Gasteiger partial charge < -0.3 is 14.4 Å². The average Bonchev–Trinajstić information content (AvgIpc) is 2.69. The summed E-state index contributed by atoms with van der Waals surface area (Å²) in [7, 11) is 0. The summed E-state index contributed by atoms with van der Waals surface area (Å²) in [5, 5.41) is 4.03. The predicted octanol–water partition coefficient (Wildman–Crippen LogP) is 3.07. The van der Waals surface area contributed by atoms with E-state index in [0.29, 0.717) is 24.5 Å². The van der Waals surface area contributed by atoms with Crippen LogP contribution in [0.25, 0.3) is 0 Å². The smallest absolute Gasteiger partial charge is 0.271 e. The third-order valence-corrected chi connectivity index (χ3v) is 4.20. The minimum atomic E-state index is -0.245. The lowest BCUT2D eigenvalue weighted by Crippen LogP contribution is -2.22. The number of rotatable bonds is 6. The second-order valence-electron chi connectivity index (χ2n) is 5.82. The van der Waals surface area contributed by atoms with Crippen molar-refractivity contribution in [3.8, 4) is 11.5 Å². The summed E-state index contributed by atoms with van der Waals surface area (Å²) < 4.78 is 11.0. The lowest BCUT2D eigenvalue weighted by Gasteiger charge is -2.20. The molecular formula is C20H23N3O3. The molecule has 6 nitrogen and oxygen atoms in total. The van der Waals surface area contributed by atoms with Gasteiger partial charge in [-0.05, 0) is 61.9 Å². The summed E-state index contributed by atoms with van der Waals surface area (Å²) in [5.41, 5.74) is 5.05. The van der Waals surface area contributed by atoms with Gasteiger partial charge in [-0.25, -0.2) is 5.43 Å². The van der Waals surface area contributed by atoms with E-state index in [1.165, 1.54) is 0 Å². The Balaban J connectivity index is 1.60. The SMILES string of the molecule is CCN(CC)c1ccc(C(=O)N/N=C/c2ccc3c(c2)OCCO3)cc1. The van der Waals surface area contributed by atoms with Crippen molar-refractivity contribution < 1.29 is 14.3 Å². The number of carbonyl (C=O) groups excluding carboxylic acids is 1. The molecule has 1 N–H and O–H groups in total. The summed E-state index contributed by atoms with van der Waals surface area (Å²) in [6.45, 7) is 7.18. The van der Waals surface area contributed by atoms with E-state index in [1.54, 1.807) is 6.21 Å². The van der Waals surface area contributed by atoms with Crippen molar-refractivity contribution in [1.29, 1.82) is 0 Å². The minimum absolute atomic E-state index is 0.245. The van der Waals surface area contributed by atoms with E-state index in [0.717, 1.165) is 30.1 Å². The summed E-state index contributed by atoms with van der Waals surface area (Å²) in [6, 6.07) is 13.1. The van der Waals surface area contributed by atoms with Crippen molar-refractivity contribution in [3.63, 3.8) is 0 Å². The van der Waals surface area contributed by atoms with E-state index in [-0.39, 0.29) is 5.91 Å². The molecule has 136 valence electrons. The maximum atomic E-state index is 12.2. The van der Waals surface area contributed by atoms with Crippen LogP contribution in [0.5, 0.6) is 11.5 Å². The zero-order chi connectivity index (χ0) is 18.4. The van der Waals surface area contributed by atoms with E-state index >= 15 is 0 Å². The molecule has 1 aliphatic rings. The van der Waals surface area contributed by atoms with Crippen molar-refractivity contribution in [2.45, 2.75) is 13.8 Å². The Morgan fingerprint density at radius 3 is 2.46 bits per heavy atom. The Hall–Kier alpha value is -3.02. The summed E-state index contributed by atoms with van der Waals surface area (Å²) in [6.07, 6.45) is 1.58. The van der Waals surface area contributed by atoms with Crippen LogP contribution in [0, 0.1) is 0 Å². The van der Waals surface area contributed by atoms with Gasteiger partial charge in [0.05, 0.1) is 6.21 Å². The van der Waals surface area contributed by atoms with Crippen LogP contribution in [0.4, 0.5) is 5.69 Å². The maximum Gasteiger partial charge on any atom is 0.271 e. The molecular weight excluding hydrogens is 330 g/mol. The van der Waals surface area contributed by atoms with E-state index in [2.05, 4.69) is 29.3 Å².